The monoisotopic (exact) mass is 351 g/mol. The molecular weight excluding hydrogens is 332 g/mol. The highest BCUT2D eigenvalue weighted by molar-refractivity contribution is 6.10. The number of imide groups is 1. The zero-order chi connectivity index (χ0) is 18.0. The lowest BCUT2D eigenvalue weighted by atomic mass is 9.90. The molecule has 1 aliphatic heterocycles. The predicted octanol–water partition coefficient (Wildman–Crippen LogP) is 2.55. The van der Waals surface area contributed by atoms with Gasteiger partial charge in [-0.05, 0) is 25.0 Å². The van der Waals surface area contributed by atoms with Gasteiger partial charge < -0.3 is 10.6 Å². The molecule has 8 heteroatoms. The smallest absolute Gasteiger partial charge is 0.324 e. The Morgan fingerprint density at radius 2 is 1.80 bits per heavy atom. The van der Waals surface area contributed by atoms with Crippen LogP contribution in [0.4, 0.5) is 19.3 Å². The maximum absolute atomic E-state index is 13.2. The van der Waals surface area contributed by atoms with Crippen LogP contribution in [0.25, 0.3) is 0 Å². The standard InChI is InChI=1S/C17H19F2N3O3/c18-12-6-5-11(9-13(12)19)20-14(23)10-22-15(24)17(21-16(22)25)7-3-1-2-4-8-17/h5-6,9H,1-4,7-8,10H2,(H,20,23)(H,21,25). The largest absolute Gasteiger partial charge is 0.325 e. The first-order valence-electron chi connectivity index (χ1n) is 8.30. The number of carbonyl (C=O) groups is 3. The number of hydrogen-bond acceptors (Lipinski definition) is 3. The third-order valence-electron chi connectivity index (χ3n) is 4.71. The van der Waals surface area contributed by atoms with Crippen molar-refractivity contribution < 1.29 is 23.2 Å². The fourth-order valence-corrected chi connectivity index (χ4v) is 3.41. The topological polar surface area (TPSA) is 78.5 Å². The van der Waals surface area contributed by atoms with E-state index in [0.29, 0.717) is 12.8 Å². The summed E-state index contributed by atoms with van der Waals surface area (Å²) >= 11 is 0. The van der Waals surface area contributed by atoms with Crippen LogP contribution in [0.1, 0.15) is 38.5 Å². The highest BCUT2D eigenvalue weighted by atomic mass is 19.2. The van der Waals surface area contributed by atoms with Gasteiger partial charge in [0.05, 0.1) is 0 Å². The molecular formula is C17H19F2N3O3. The lowest BCUT2D eigenvalue weighted by Gasteiger charge is -2.24. The number of rotatable bonds is 3. The number of nitrogens with one attached hydrogen (secondary N) is 2. The fourth-order valence-electron chi connectivity index (χ4n) is 3.41. The molecule has 2 N–H and O–H groups in total. The number of nitrogens with zero attached hydrogens (tertiary/aromatic N) is 1. The number of amides is 4. The van der Waals surface area contributed by atoms with Crippen LogP contribution in [-0.2, 0) is 9.59 Å². The van der Waals surface area contributed by atoms with Crippen LogP contribution in [-0.4, -0.2) is 34.8 Å². The second-order valence-electron chi connectivity index (χ2n) is 6.49. The zero-order valence-corrected chi connectivity index (χ0v) is 13.6. The van der Waals surface area contributed by atoms with Crippen molar-refractivity contribution in [2.24, 2.45) is 0 Å². The highest BCUT2D eigenvalue weighted by Gasteiger charge is 2.51. The minimum atomic E-state index is -1.09. The molecule has 0 unspecified atom stereocenters. The van der Waals surface area contributed by atoms with Crippen LogP contribution in [0.3, 0.4) is 0 Å². The van der Waals surface area contributed by atoms with Gasteiger partial charge in [0.2, 0.25) is 5.91 Å². The molecule has 6 nitrogen and oxygen atoms in total. The first-order valence-corrected chi connectivity index (χ1v) is 8.30. The van der Waals surface area contributed by atoms with Crippen LogP contribution in [0.2, 0.25) is 0 Å². The van der Waals surface area contributed by atoms with Crippen LogP contribution in [0.15, 0.2) is 18.2 Å². The third kappa shape index (κ3) is 3.47. The molecule has 0 radical (unpaired) electrons. The van der Waals surface area contributed by atoms with E-state index in [1.165, 1.54) is 6.07 Å². The molecule has 1 spiro atoms. The number of benzene rings is 1. The van der Waals surface area contributed by atoms with Crippen LogP contribution in [0.5, 0.6) is 0 Å². The summed E-state index contributed by atoms with van der Waals surface area (Å²) < 4.78 is 26.1. The maximum Gasteiger partial charge on any atom is 0.325 e. The molecule has 0 atom stereocenters. The minimum Gasteiger partial charge on any atom is -0.324 e. The van der Waals surface area contributed by atoms with Gasteiger partial charge in [-0.25, -0.2) is 13.6 Å². The van der Waals surface area contributed by atoms with Crippen LogP contribution in [0, 0.1) is 11.6 Å². The average molecular weight is 351 g/mol. The molecule has 25 heavy (non-hydrogen) atoms. The molecule has 1 aliphatic carbocycles. The van der Waals surface area contributed by atoms with Crippen LogP contribution < -0.4 is 10.6 Å². The Morgan fingerprint density at radius 3 is 2.44 bits per heavy atom. The number of carbonyl (C=O) groups excluding carboxylic acids is 3. The second kappa shape index (κ2) is 6.78. The Balaban J connectivity index is 1.67. The summed E-state index contributed by atoms with van der Waals surface area (Å²) in [5, 5.41) is 5.10. The maximum atomic E-state index is 13.2. The molecule has 2 fully saturated rings. The Kier molecular flexibility index (Phi) is 4.69. The zero-order valence-electron chi connectivity index (χ0n) is 13.6. The van der Waals surface area contributed by atoms with E-state index in [2.05, 4.69) is 10.6 Å². The lowest BCUT2D eigenvalue weighted by Crippen LogP contribution is -2.47. The van der Waals surface area contributed by atoms with E-state index in [9.17, 15) is 23.2 Å². The first kappa shape index (κ1) is 17.3. The second-order valence-corrected chi connectivity index (χ2v) is 6.49. The van der Waals surface area contributed by atoms with E-state index < -0.39 is 35.7 Å². The summed E-state index contributed by atoms with van der Waals surface area (Å²) in [6, 6.07) is 2.34. The summed E-state index contributed by atoms with van der Waals surface area (Å²) in [4.78, 5) is 37.8. The number of hydrogen-bond donors (Lipinski definition) is 2. The fraction of sp³-hybridized carbons (Fsp3) is 0.471. The first-order chi connectivity index (χ1) is 11.9. The molecule has 1 aromatic rings. The Hall–Kier alpha value is -2.51. The van der Waals surface area contributed by atoms with Gasteiger partial charge >= 0.3 is 6.03 Å². The van der Waals surface area contributed by atoms with Crippen molar-refractivity contribution in [3.05, 3.63) is 29.8 Å². The minimum absolute atomic E-state index is 0.0557. The normalized spacial score (nSPS) is 19.7. The Morgan fingerprint density at radius 1 is 1.12 bits per heavy atom. The summed E-state index contributed by atoms with van der Waals surface area (Å²) in [7, 11) is 0. The molecule has 1 saturated heterocycles. The molecule has 0 aromatic heterocycles. The average Bonchev–Trinajstić information content (AvgIpc) is 2.74. The summed E-state index contributed by atoms with van der Waals surface area (Å²) in [5.41, 5.74) is -0.851. The van der Waals surface area contributed by atoms with Crippen molar-refractivity contribution in [3.63, 3.8) is 0 Å². The van der Waals surface area contributed by atoms with E-state index in [0.717, 1.165) is 42.7 Å². The number of halogens is 2. The molecule has 3 rings (SSSR count). The molecule has 1 heterocycles. The van der Waals surface area contributed by atoms with Gasteiger partial charge in [-0.3, -0.25) is 14.5 Å². The van der Waals surface area contributed by atoms with Crippen molar-refractivity contribution in [1.82, 2.24) is 10.2 Å². The molecule has 2 aliphatic rings. The molecule has 1 aromatic carbocycles. The summed E-state index contributed by atoms with van der Waals surface area (Å²) in [6.07, 6.45) is 4.86. The molecule has 0 bridgehead atoms. The van der Waals surface area contributed by atoms with Crippen molar-refractivity contribution in [1.29, 1.82) is 0 Å². The van der Waals surface area contributed by atoms with E-state index in [4.69, 9.17) is 0 Å². The SMILES string of the molecule is O=C(CN1C(=O)NC2(CCCCCC2)C1=O)Nc1ccc(F)c(F)c1. The Bertz CT molecular complexity index is 715. The van der Waals surface area contributed by atoms with Crippen LogP contribution >= 0.6 is 0 Å². The predicted molar refractivity (Wildman–Crippen MR) is 85.7 cm³/mol. The molecule has 1 saturated carbocycles. The molecule has 4 amide bonds. The van der Waals surface area contributed by atoms with Gasteiger partial charge in [0.15, 0.2) is 11.6 Å². The van der Waals surface area contributed by atoms with Gasteiger partial charge in [-0.15, -0.1) is 0 Å². The highest BCUT2D eigenvalue weighted by Crippen LogP contribution is 2.32. The third-order valence-corrected chi connectivity index (χ3v) is 4.71. The number of anilines is 1. The van der Waals surface area contributed by atoms with Gasteiger partial charge in [-0.2, -0.15) is 0 Å². The van der Waals surface area contributed by atoms with E-state index in [1.807, 2.05) is 0 Å². The molecule has 134 valence electrons. The van der Waals surface area contributed by atoms with Crippen molar-refractivity contribution in [3.8, 4) is 0 Å². The van der Waals surface area contributed by atoms with Crippen molar-refractivity contribution >= 4 is 23.5 Å². The lowest BCUT2D eigenvalue weighted by molar-refractivity contribution is -0.134. The Labute approximate surface area is 143 Å². The summed E-state index contributed by atoms with van der Waals surface area (Å²) in [6.45, 7) is -0.467. The quantitative estimate of drug-likeness (QED) is 0.822. The van der Waals surface area contributed by atoms with Gasteiger partial charge in [0.25, 0.3) is 5.91 Å². The van der Waals surface area contributed by atoms with Crippen molar-refractivity contribution in [2.45, 2.75) is 44.1 Å². The van der Waals surface area contributed by atoms with Gasteiger partial charge in [0, 0.05) is 11.8 Å². The summed E-state index contributed by atoms with van der Waals surface area (Å²) in [5.74, 6) is -3.16. The van der Waals surface area contributed by atoms with E-state index >= 15 is 0 Å². The number of urea groups is 1. The van der Waals surface area contributed by atoms with E-state index in [-0.39, 0.29) is 11.6 Å². The van der Waals surface area contributed by atoms with E-state index in [1.54, 1.807) is 0 Å². The van der Waals surface area contributed by atoms with Gasteiger partial charge in [-0.1, -0.05) is 25.7 Å². The van der Waals surface area contributed by atoms with Gasteiger partial charge in [0.1, 0.15) is 12.1 Å². The van der Waals surface area contributed by atoms with Crippen molar-refractivity contribution in [2.75, 3.05) is 11.9 Å².